The largest absolute Gasteiger partial charge is 0.459 e. The lowest BCUT2D eigenvalue weighted by molar-refractivity contribution is -0.00254. The quantitative estimate of drug-likeness (QED) is 0.805. The number of nitrogens with zero attached hydrogens (tertiary/aromatic N) is 1. The van der Waals surface area contributed by atoms with E-state index < -0.39 is 0 Å². The maximum absolute atomic E-state index is 12.2. The summed E-state index contributed by atoms with van der Waals surface area (Å²) in [5.74, 6) is -0.313. The van der Waals surface area contributed by atoms with Crippen LogP contribution in [-0.4, -0.2) is 29.8 Å². The Morgan fingerprint density at radius 2 is 2.25 bits per heavy atom. The first-order valence-electron chi connectivity index (χ1n) is 6.90. The minimum Gasteiger partial charge on any atom is -0.459 e. The summed E-state index contributed by atoms with van der Waals surface area (Å²) in [6, 6.07) is 9.17. The molecule has 0 aliphatic carbocycles. The zero-order valence-electron chi connectivity index (χ0n) is 11.4. The molecule has 2 heterocycles. The molecular weight excluding hydrogens is 254 g/mol. The Balaban J connectivity index is 1.72. The summed E-state index contributed by atoms with van der Waals surface area (Å²) in [6.45, 7) is 2.36. The number of fused-ring (bicyclic) bond motifs is 1. The monoisotopic (exact) mass is 271 g/mol. The summed E-state index contributed by atoms with van der Waals surface area (Å²) in [6.07, 6.45) is 3.99. The van der Waals surface area contributed by atoms with E-state index in [-0.39, 0.29) is 18.2 Å². The van der Waals surface area contributed by atoms with Crippen molar-refractivity contribution in [3.63, 3.8) is 0 Å². The maximum Gasteiger partial charge on any atom is 0.338 e. The molecule has 1 aromatic carbocycles. The number of hydrogen-bond acceptors (Lipinski definition) is 4. The highest BCUT2D eigenvalue weighted by Gasteiger charge is 2.23. The molecule has 1 aliphatic heterocycles. The Labute approximate surface area is 117 Å². The van der Waals surface area contributed by atoms with Crippen molar-refractivity contribution < 1.29 is 14.3 Å². The second-order valence-corrected chi connectivity index (χ2v) is 5.12. The fourth-order valence-corrected chi connectivity index (χ4v) is 2.54. The highest BCUT2D eigenvalue weighted by atomic mass is 16.6. The van der Waals surface area contributed by atoms with Crippen LogP contribution in [0.15, 0.2) is 36.5 Å². The van der Waals surface area contributed by atoms with E-state index in [2.05, 4.69) is 4.98 Å². The normalized spacial score (nSPS) is 22.1. The van der Waals surface area contributed by atoms with E-state index in [1.807, 2.05) is 31.2 Å². The molecule has 1 saturated heterocycles. The molecule has 2 atom stereocenters. The minimum absolute atomic E-state index is 0.0297. The number of rotatable bonds is 3. The molecule has 4 nitrogen and oxygen atoms in total. The van der Waals surface area contributed by atoms with Crippen LogP contribution in [0.4, 0.5) is 0 Å². The van der Waals surface area contributed by atoms with Gasteiger partial charge in [-0.3, -0.25) is 4.98 Å². The van der Waals surface area contributed by atoms with Gasteiger partial charge in [-0.05, 0) is 38.0 Å². The lowest BCUT2D eigenvalue weighted by Crippen LogP contribution is -2.19. The van der Waals surface area contributed by atoms with Gasteiger partial charge in [0.1, 0.15) is 6.61 Å². The molecule has 1 fully saturated rings. The van der Waals surface area contributed by atoms with E-state index in [1.165, 1.54) is 0 Å². The summed E-state index contributed by atoms with van der Waals surface area (Å²) < 4.78 is 11.0. The number of ether oxygens (including phenoxy) is 2. The second kappa shape index (κ2) is 5.59. The summed E-state index contributed by atoms with van der Waals surface area (Å²) >= 11 is 0. The second-order valence-electron chi connectivity index (χ2n) is 5.12. The molecule has 0 amide bonds. The van der Waals surface area contributed by atoms with Gasteiger partial charge in [-0.25, -0.2) is 4.79 Å². The average Bonchev–Trinajstić information content (AvgIpc) is 2.90. The highest BCUT2D eigenvalue weighted by molar-refractivity contribution is 6.03. The Hall–Kier alpha value is -1.94. The third kappa shape index (κ3) is 2.65. The number of hydrogen-bond donors (Lipinski definition) is 0. The number of esters is 1. The van der Waals surface area contributed by atoms with Crippen molar-refractivity contribution in [3.8, 4) is 0 Å². The Kier molecular flexibility index (Phi) is 3.65. The van der Waals surface area contributed by atoms with Crippen molar-refractivity contribution in [1.82, 2.24) is 4.98 Å². The number of aromatic nitrogens is 1. The lowest BCUT2D eigenvalue weighted by atomic mass is 10.1. The van der Waals surface area contributed by atoms with Crippen LogP contribution < -0.4 is 0 Å². The van der Waals surface area contributed by atoms with Crippen LogP contribution in [0.1, 0.15) is 30.1 Å². The maximum atomic E-state index is 12.2. The van der Waals surface area contributed by atoms with Crippen LogP contribution in [0.25, 0.3) is 10.9 Å². The van der Waals surface area contributed by atoms with Gasteiger partial charge >= 0.3 is 5.97 Å². The molecule has 0 spiro atoms. The van der Waals surface area contributed by atoms with Crippen LogP contribution in [0.2, 0.25) is 0 Å². The molecule has 0 bridgehead atoms. The average molecular weight is 271 g/mol. The van der Waals surface area contributed by atoms with Gasteiger partial charge in [-0.15, -0.1) is 0 Å². The predicted octanol–water partition coefficient (Wildman–Crippen LogP) is 2.96. The molecule has 0 saturated carbocycles. The lowest BCUT2D eigenvalue weighted by Gasteiger charge is -2.12. The van der Waals surface area contributed by atoms with Crippen molar-refractivity contribution in [1.29, 1.82) is 0 Å². The number of carbonyl (C=O) groups is 1. The zero-order valence-corrected chi connectivity index (χ0v) is 11.4. The van der Waals surface area contributed by atoms with Gasteiger partial charge in [0.2, 0.25) is 0 Å². The summed E-state index contributed by atoms with van der Waals surface area (Å²) in [7, 11) is 0. The summed E-state index contributed by atoms with van der Waals surface area (Å²) in [5, 5.41) is 0.820. The molecule has 2 aromatic rings. The summed E-state index contributed by atoms with van der Waals surface area (Å²) in [4.78, 5) is 16.4. The molecular formula is C16H17NO3. The van der Waals surface area contributed by atoms with Crippen LogP contribution >= 0.6 is 0 Å². The van der Waals surface area contributed by atoms with E-state index in [9.17, 15) is 4.79 Å². The topological polar surface area (TPSA) is 48.4 Å². The number of pyridine rings is 1. The highest BCUT2D eigenvalue weighted by Crippen LogP contribution is 2.21. The molecule has 20 heavy (non-hydrogen) atoms. The predicted molar refractivity (Wildman–Crippen MR) is 75.6 cm³/mol. The molecule has 1 aromatic heterocycles. The molecule has 3 rings (SSSR count). The third-order valence-electron chi connectivity index (χ3n) is 3.59. The Morgan fingerprint density at radius 1 is 1.35 bits per heavy atom. The van der Waals surface area contributed by atoms with Gasteiger partial charge in [0, 0.05) is 11.6 Å². The summed E-state index contributed by atoms with van der Waals surface area (Å²) in [5.41, 5.74) is 1.36. The van der Waals surface area contributed by atoms with E-state index >= 15 is 0 Å². The van der Waals surface area contributed by atoms with Gasteiger partial charge in [-0.1, -0.05) is 12.1 Å². The first kappa shape index (κ1) is 13.1. The molecule has 0 N–H and O–H groups in total. The van der Waals surface area contributed by atoms with Crippen LogP contribution in [0, 0.1) is 0 Å². The fraction of sp³-hybridized carbons (Fsp3) is 0.375. The van der Waals surface area contributed by atoms with Crippen molar-refractivity contribution in [2.24, 2.45) is 0 Å². The standard InChI is InChI=1S/C16H17NO3/c1-11-7-8-12(20-11)10-19-16(18)14-4-2-6-15-13(14)5-3-9-17-15/h2-6,9,11-12H,7-8,10H2,1H3/t11-,12+/m1/s1. The smallest absolute Gasteiger partial charge is 0.338 e. The van der Waals surface area contributed by atoms with Gasteiger partial charge in [0.05, 0.1) is 23.3 Å². The van der Waals surface area contributed by atoms with Gasteiger partial charge in [0.25, 0.3) is 0 Å². The van der Waals surface area contributed by atoms with Crippen LogP contribution in [-0.2, 0) is 9.47 Å². The van der Waals surface area contributed by atoms with E-state index in [1.54, 1.807) is 12.3 Å². The number of benzene rings is 1. The molecule has 4 heteroatoms. The molecule has 0 unspecified atom stereocenters. The van der Waals surface area contributed by atoms with Crippen molar-refractivity contribution in [3.05, 3.63) is 42.1 Å². The van der Waals surface area contributed by atoms with E-state index in [0.29, 0.717) is 12.2 Å². The fourth-order valence-electron chi connectivity index (χ4n) is 2.54. The first-order chi connectivity index (χ1) is 9.74. The van der Waals surface area contributed by atoms with Crippen LogP contribution in [0.5, 0.6) is 0 Å². The molecule has 104 valence electrons. The molecule has 1 aliphatic rings. The van der Waals surface area contributed by atoms with Gasteiger partial charge < -0.3 is 9.47 Å². The zero-order chi connectivity index (χ0) is 13.9. The Morgan fingerprint density at radius 3 is 3.05 bits per heavy atom. The molecule has 0 radical (unpaired) electrons. The SMILES string of the molecule is C[C@@H]1CC[C@@H](COC(=O)c2cccc3ncccc23)O1. The minimum atomic E-state index is -0.313. The van der Waals surface area contributed by atoms with Crippen LogP contribution in [0.3, 0.4) is 0 Å². The van der Waals surface area contributed by atoms with E-state index in [4.69, 9.17) is 9.47 Å². The van der Waals surface area contributed by atoms with Crippen molar-refractivity contribution in [2.45, 2.75) is 32.0 Å². The number of carbonyl (C=O) groups excluding carboxylic acids is 1. The van der Waals surface area contributed by atoms with Crippen molar-refractivity contribution >= 4 is 16.9 Å². The Bertz CT molecular complexity index is 621. The van der Waals surface area contributed by atoms with Gasteiger partial charge in [0.15, 0.2) is 0 Å². The van der Waals surface area contributed by atoms with Crippen molar-refractivity contribution in [2.75, 3.05) is 6.61 Å². The first-order valence-corrected chi connectivity index (χ1v) is 6.90. The van der Waals surface area contributed by atoms with E-state index in [0.717, 1.165) is 23.7 Å². The van der Waals surface area contributed by atoms with Gasteiger partial charge in [-0.2, -0.15) is 0 Å². The third-order valence-corrected chi connectivity index (χ3v) is 3.59.